The largest absolute Gasteiger partial charge is 0.341 e. The van der Waals surface area contributed by atoms with Crippen molar-refractivity contribution in [1.29, 1.82) is 0 Å². The van der Waals surface area contributed by atoms with Gasteiger partial charge in [0.15, 0.2) is 0 Å². The molecule has 2 aliphatic rings. The topological polar surface area (TPSA) is 60.9 Å². The molecule has 0 aliphatic carbocycles. The molecule has 0 bridgehead atoms. The van der Waals surface area contributed by atoms with Crippen LogP contribution in [0.2, 0.25) is 0 Å². The van der Waals surface area contributed by atoms with Crippen LogP contribution in [0.4, 0.5) is 0 Å². The Morgan fingerprint density at radius 3 is 2.03 bits per heavy atom. The SMILES string of the molecule is Cc1ccc(S(=O)(=O)N2CCN([C@@H](C(=O)N3CCCC3)c3ccccc3)CC2)cc1. The van der Waals surface area contributed by atoms with Crippen LogP contribution in [-0.2, 0) is 14.8 Å². The van der Waals surface area contributed by atoms with Gasteiger partial charge in [0.25, 0.3) is 0 Å². The van der Waals surface area contributed by atoms with Gasteiger partial charge >= 0.3 is 0 Å². The standard InChI is InChI=1S/C23H29N3O3S/c1-19-9-11-21(12-10-19)30(28,29)26-17-15-24(16-18-26)22(20-7-3-2-4-8-20)23(27)25-13-5-6-14-25/h2-4,7-12,22H,5-6,13-18H2,1H3/t22-/m1/s1. The molecule has 1 atom stereocenters. The molecule has 2 aromatic carbocycles. The third-order valence-corrected chi connectivity index (χ3v) is 7.98. The highest BCUT2D eigenvalue weighted by Gasteiger charge is 2.36. The molecule has 2 saturated heterocycles. The first-order chi connectivity index (χ1) is 14.5. The molecule has 0 N–H and O–H groups in total. The molecule has 160 valence electrons. The maximum Gasteiger partial charge on any atom is 0.244 e. The van der Waals surface area contributed by atoms with Crippen molar-refractivity contribution in [2.24, 2.45) is 0 Å². The normalized spacial score (nSPS) is 19.7. The first kappa shape index (κ1) is 21.0. The van der Waals surface area contributed by atoms with Gasteiger partial charge < -0.3 is 4.90 Å². The van der Waals surface area contributed by atoms with E-state index in [1.807, 2.05) is 54.3 Å². The molecule has 1 amide bonds. The summed E-state index contributed by atoms with van der Waals surface area (Å²) < 4.78 is 27.6. The number of benzene rings is 2. The number of sulfonamides is 1. The highest BCUT2D eigenvalue weighted by molar-refractivity contribution is 7.89. The highest BCUT2D eigenvalue weighted by atomic mass is 32.2. The summed E-state index contributed by atoms with van der Waals surface area (Å²) in [7, 11) is -3.52. The van der Waals surface area contributed by atoms with Gasteiger partial charge in [-0.05, 0) is 37.5 Å². The van der Waals surface area contributed by atoms with Gasteiger partial charge in [-0.2, -0.15) is 4.31 Å². The molecule has 0 radical (unpaired) electrons. The predicted molar refractivity (Wildman–Crippen MR) is 117 cm³/mol. The third kappa shape index (κ3) is 4.29. The molecule has 2 aliphatic heterocycles. The minimum absolute atomic E-state index is 0.133. The first-order valence-electron chi connectivity index (χ1n) is 10.6. The summed E-state index contributed by atoms with van der Waals surface area (Å²) in [5, 5.41) is 0. The molecule has 0 saturated carbocycles. The first-order valence-corrected chi connectivity index (χ1v) is 12.1. The van der Waals surface area contributed by atoms with Crippen LogP contribution in [0.3, 0.4) is 0 Å². The van der Waals surface area contributed by atoms with Crippen molar-refractivity contribution in [2.75, 3.05) is 39.3 Å². The van der Waals surface area contributed by atoms with Crippen LogP contribution in [0.25, 0.3) is 0 Å². The number of rotatable bonds is 5. The van der Waals surface area contributed by atoms with E-state index >= 15 is 0 Å². The summed E-state index contributed by atoms with van der Waals surface area (Å²) in [5.74, 6) is 0.133. The zero-order chi connectivity index (χ0) is 21.1. The zero-order valence-electron chi connectivity index (χ0n) is 17.4. The third-order valence-electron chi connectivity index (χ3n) is 6.06. The van der Waals surface area contributed by atoms with Crippen LogP contribution in [-0.4, -0.2) is 67.7 Å². The van der Waals surface area contributed by atoms with Crippen LogP contribution >= 0.6 is 0 Å². The Kier molecular flexibility index (Phi) is 6.22. The van der Waals surface area contributed by atoms with E-state index in [0.29, 0.717) is 31.1 Å². The number of carbonyl (C=O) groups excluding carboxylic acids is 1. The van der Waals surface area contributed by atoms with E-state index < -0.39 is 10.0 Å². The molecule has 0 spiro atoms. The van der Waals surface area contributed by atoms with E-state index in [1.54, 1.807) is 12.1 Å². The number of piperazine rings is 1. The Hall–Kier alpha value is -2.22. The van der Waals surface area contributed by atoms with Crippen molar-refractivity contribution >= 4 is 15.9 Å². The number of likely N-dealkylation sites (tertiary alicyclic amines) is 1. The minimum Gasteiger partial charge on any atom is -0.341 e. The molecule has 2 fully saturated rings. The number of amides is 1. The van der Waals surface area contributed by atoms with Gasteiger partial charge in [0.2, 0.25) is 15.9 Å². The maximum absolute atomic E-state index is 13.3. The summed E-state index contributed by atoms with van der Waals surface area (Å²) in [5.41, 5.74) is 2.01. The average Bonchev–Trinajstić information content (AvgIpc) is 3.30. The molecule has 2 heterocycles. The van der Waals surface area contributed by atoms with Crippen LogP contribution < -0.4 is 0 Å². The number of carbonyl (C=O) groups is 1. The van der Waals surface area contributed by atoms with E-state index in [-0.39, 0.29) is 11.9 Å². The molecule has 7 heteroatoms. The molecular formula is C23H29N3O3S. The Morgan fingerprint density at radius 2 is 1.43 bits per heavy atom. The lowest BCUT2D eigenvalue weighted by molar-refractivity contribution is -0.136. The summed E-state index contributed by atoms with van der Waals surface area (Å²) in [6.07, 6.45) is 2.10. The molecule has 2 aromatic rings. The van der Waals surface area contributed by atoms with E-state index in [4.69, 9.17) is 0 Å². The van der Waals surface area contributed by atoms with Gasteiger partial charge in [-0.15, -0.1) is 0 Å². The van der Waals surface area contributed by atoms with Crippen molar-refractivity contribution in [1.82, 2.24) is 14.1 Å². The fourth-order valence-corrected chi connectivity index (χ4v) is 5.74. The summed E-state index contributed by atoms with van der Waals surface area (Å²) in [4.78, 5) is 17.7. The van der Waals surface area contributed by atoms with E-state index in [9.17, 15) is 13.2 Å². The van der Waals surface area contributed by atoms with Crippen molar-refractivity contribution in [2.45, 2.75) is 30.7 Å². The van der Waals surface area contributed by atoms with E-state index in [1.165, 1.54) is 4.31 Å². The van der Waals surface area contributed by atoms with Gasteiger partial charge in [0.05, 0.1) is 4.90 Å². The van der Waals surface area contributed by atoms with E-state index in [0.717, 1.165) is 37.1 Å². The highest BCUT2D eigenvalue weighted by Crippen LogP contribution is 2.28. The van der Waals surface area contributed by atoms with Gasteiger partial charge in [-0.25, -0.2) is 8.42 Å². The molecule has 6 nitrogen and oxygen atoms in total. The number of nitrogens with zero attached hydrogens (tertiary/aromatic N) is 3. The Labute approximate surface area is 179 Å². The lowest BCUT2D eigenvalue weighted by Gasteiger charge is -2.39. The Morgan fingerprint density at radius 1 is 0.833 bits per heavy atom. The Balaban J connectivity index is 1.51. The maximum atomic E-state index is 13.3. The molecule has 0 unspecified atom stereocenters. The molecule has 0 aromatic heterocycles. The monoisotopic (exact) mass is 427 g/mol. The van der Waals surface area contributed by atoms with Crippen molar-refractivity contribution in [3.8, 4) is 0 Å². The number of hydrogen-bond donors (Lipinski definition) is 0. The molecular weight excluding hydrogens is 398 g/mol. The summed E-state index contributed by atoms with van der Waals surface area (Å²) in [6, 6.07) is 16.5. The second-order valence-corrected chi connectivity index (χ2v) is 10.0. The van der Waals surface area contributed by atoms with Gasteiger partial charge in [-0.3, -0.25) is 9.69 Å². The summed E-state index contributed by atoms with van der Waals surface area (Å²) >= 11 is 0. The smallest absolute Gasteiger partial charge is 0.244 e. The van der Waals surface area contributed by atoms with Crippen molar-refractivity contribution < 1.29 is 13.2 Å². The lowest BCUT2D eigenvalue weighted by Crippen LogP contribution is -2.52. The van der Waals surface area contributed by atoms with Gasteiger partial charge in [0, 0.05) is 39.3 Å². The lowest BCUT2D eigenvalue weighted by atomic mass is 10.0. The van der Waals surface area contributed by atoms with Crippen LogP contribution in [0.1, 0.15) is 30.0 Å². The zero-order valence-corrected chi connectivity index (χ0v) is 18.2. The van der Waals surface area contributed by atoms with Crippen LogP contribution in [0, 0.1) is 6.92 Å². The number of aryl methyl sites for hydroxylation is 1. The average molecular weight is 428 g/mol. The van der Waals surface area contributed by atoms with E-state index in [2.05, 4.69) is 4.90 Å². The second kappa shape index (κ2) is 8.88. The van der Waals surface area contributed by atoms with Crippen molar-refractivity contribution in [3.05, 3.63) is 65.7 Å². The van der Waals surface area contributed by atoms with Crippen molar-refractivity contribution in [3.63, 3.8) is 0 Å². The summed E-state index contributed by atoms with van der Waals surface area (Å²) in [6.45, 7) is 5.39. The quantitative estimate of drug-likeness (QED) is 0.736. The van der Waals surface area contributed by atoms with Gasteiger partial charge in [-0.1, -0.05) is 48.0 Å². The Bertz CT molecular complexity index is 963. The van der Waals surface area contributed by atoms with Crippen LogP contribution in [0.5, 0.6) is 0 Å². The fourth-order valence-electron chi connectivity index (χ4n) is 4.32. The van der Waals surface area contributed by atoms with Gasteiger partial charge in [0.1, 0.15) is 6.04 Å². The second-order valence-electron chi connectivity index (χ2n) is 8.10. The fraction of sp³-hybridized carbons (Fsp3) is 0.435. The molecule has 4 rings (SSSR count). The number of hydrogen-bond acceptors (Lipinski definition) is 4. The molecule has 30 heavy (non-hydrogen) atoms. The predicted octanol–water partition coefficient (Wildman–Crippen LogP) is 2.67. The minimum atomic E-state index is -3.52. The van der Waals surface area contributed by atoms with Crippen LogP contribution in [0.15, 0.2) is 59.5 Å².